The molecule has 0 atom stereocenters. The average molecular weight is 403 g/mol. The second-order valence-electron chi connectivity index (χ2n) is 5.80. The first-order chi connectivity index (χ1) is 12.5. The topological polar surface area (TPSA) is 71.5 Å². The molecule has 0 spiro atoms. The van der Waals surface area contributed by atoms with Crippen LogP contribution in [0.2, 0.25) is 10.0 Å². The highest BCUT2D eigenvalue weighted by molar-refractivity contribution is 7.99. The number of rotatable bonds is 4. The van der Waals surface area contributed by atoms with Gasteiger partial charge in [0.15, 0.2) is 11.4 Å². The number of aryl methyl sites for hydroxylation is 1. The van der Waals surface area contributed by atoms with Crippen molar-refractivity contribution in [2.24, 2.45) is 0 Å². The van der Waals surface area contributed by atoms with Gasteiger partial charge in [0.25, 0.3) is 0 Å². The number of thioether (sulfide) groups is 1. The molecule has 0 aliphatic carbocycles. The van der Waals surface area contributed by atoms with E-state index < -0.39 is 0 Å². The second-order valence-corrected chi connectivity index (χ2v) is 7.59. The molecule has 0 fully saturated rings. The lowest BCUT2D eigenvalue weighted by molar-refractivity contribution is 0.102. The van der Waals surface area contributed by atoms with E-state index in [1.165, 1.54) is 11.8 Å². The molecule has 0 aliphatic rings. The van der Waals surface area contributed by atoms with E-state index in [1.54, 1.807) is 18.2 Å². The molecule has 1 N–H and O–H groups in total. The maximum atomic E-state index is 12.4. The molecule has 4 rings (SSSR count). The normalized spacial score (nSPS) is 11.3. The van der Waals surface area contributed by atoms with Gasteiger partial charge in [-0.1, -0.05) is 46.6 Å². The number of benzene rings is 2. The largest absolute Gasteiger partial charge is 0.338 e. The number of H-pyrrole nitrogens is 1. The fourth-order valence-electron chi connectivity index (χ4n) is 2.65. The first kappa shape index (κ1) is 17.3. The summed E-state index contributed by atoms with van der Waals surface area (Å²) in [7, 11) is 0. The van der Waals surface area contributed by atoms with Gasteiger partial charge in [0, 0.05) is 21.5 Å². The SMILES string of the molecule is Cc1ccc2[nH]c3nc(SCC(=O)c4ccc(Cl)cc4Cl)nnc3c2c1. The first-order valence-corrected chi connectivity index (χ1v) is 9.49. The van der Waals surface area contributed by atoms with Crippen LogP contribution in [0.25, 0.3) is 22.1 Å². The smallest absolute Gasteiger partial charge is 0.211 e. The van der Waals surface area contributed by atoms with E-state index >= 15 is 0 Å². The molecule has 8 heteroatoms. The van der Waals surface area contributed by atoms with E-state index in [2.05, 4.69) is 20.2 Å². The molecule has 4 aromatic rings. The maximum absolute atomic E-state index is 12.4. The summed E-state index contributed by atoms with van der Waals surface area (Å²) in [5, 5.41) is 10.7. The lowest BCUT2D eigenvalue weighted by Gasteiger charge is -2.03. The highest BCUT2D eigenvalue weighted by Gasteiger charge is 2.14. The summed E-state index contributed by atoms with van der Waals surface area (Å²) in [4.78, 5) is 20.1. The van der Waals surface area contributed by atoms with Gasteiger partial charge in [-0.2, -0.15) is 0 Å². The van der Waals surface area contributed by atoms with E-state index in [0.717, 1.165) is 22.0 Å². The number of halogens is 2. The van der Waals surface area contributed by atoms with Crippen LogP contribution in [-0.2, 0) is 0 Å². The van der Waals surface area contributed by atoms with Crippen LogP contribution in [0.1, 0.15) is 15.9 Å². The zero-order valence-corrected chi connectivity index (χ0v) is 15.9. The number of aromatic nitrogens is 4. The number of hydrogen-bond donors (Lipinski definition) is 1. The minimum absolute atomic E-state index is 0.118. The third-order valence-electron chi connectivity index (χ3n) is 3.91. The van der Waals surface area contributed by atoms with E-state index in [-0.39, 0.29) is 11.5 Å². The van der Waals surface area contributed by atoms with Crippen LogP contribution in [-0.4, -0.2) is 31.7 Å². The molecular weight excluding hydrogens is 391 g/mol. The van der Waals surface area contributed by atoms with Gasteiger partial charge in [-0.15, -0.1) is 10.2 Å². The Hall–Kier alpha value is -2.15. The van der Waals surface area contributed by atoms with E-state index in [4.69, 9.17) is 23.2 Å². The Kier molecular flexibility index (Phi) is 4.56. The van der Waals surface area contributed by atoms with Crippen LogP contribution in [0.4, 0.5) is 0 Å². The van der Waals surface area contributed by atoms with Gasteiger partial charge in [-0.25, -0.2) is 4.98 Å². The van der Waals surface area contributed by atoms with E-state index in [9.17, 15) is 4.79 Å². The molecule has 0 unspecified atom stereocenters. The summed E-state index contributed by atoms with van der Waals surface area (Å²) in [5.74, 6) is 0.0427. The summed E-state index contributed by atoms with van der Waals surface area (Å²) in [6.45, 7) is 2.02. The van der Waals surface area contributed by atoms with Crippen molar-refractivity contribution in [2.45, 2.75) is 12.1 Å². The molecule has 0 amide bonds. The molecule has 0 saturated carbocycles. The number of carbonyl (C=O) groups excluding carboxylic acids is 1. The molecule has 2 aromatic heterocycles. The number of hydrogen-bond acceptors (Lipinski definition) is 5. The van der Waals surface area contributed by atoms with Crippen LogP contribution < -0.4 is 0 Å². The molecule has 5 nitrogen and oxygen atoms in total. The predicted molar refractivity (Wildman–Crippen MR) is 105 cm³/mol. The summed E-state index contributed by atoms with van der Waals surface area (Å²) >= 11 is 13.2. The van der Waals surface area contributed by atoms with Crippen LogP contribution in [0.5, 0.6) is 0 Å². The minimum atomic E-state index is -0.118. The summed E-state index contributed by atoms with van der Waals surface area (Å²) in [5.41, 5.74) is 3.90. The minimum Gasteiger partial charge on any atom is -0.338 e. The fourth-order valence-corrected chi connectivity index (χ4v) is 3.84. The van der Waals surface area contributed by atoms with Gasteiger partial charge in [-0.05, 0) is 37.3 Å². The van der Waals surface area contributed by atoms with Crippen LogP contribution in [0.15, 0.2) is 41.6 Å². The zero-order chi connectivity index (χ0) is 18.3. The molecule has 0 bridgehead atoms. The van der Waals surface area contributed by atoms with Crippen LogP contribution in [0.3, 0.4) is 0 Å². The van der Waals surface area contributed by atoms with E-state index in [1.807, 2.05) is 25.1 Å². The Morgan fingerprint density at radius 1 is 1.15 bits per heavy atom. The summed E-state index contributed by atoms with van der Waals surface area (Å²) < 4.78 is 0. The lowest BCUT2D eigenvalue weighted by atomic mass is 10.1. The van der Waals surface area contributed by atoms with Crippen molar-refractivity contribution in [3.63, 3.8) is 0 Å². The molecule has 130 valence electrons. The van der Waals surface area contributed by atoms with Crippen molar-refractivity contribution in [3.05, 3.63) is 57.6 Å². The molecule has 0 saturated heterocycles. The number of fused-ring (bicyclic) bond motifs is 3. The number of carbonyl (C=O) groups is 1. The average Bonchev–Trinajstić information content (AvgIpc) is 2.96. The quantitative estimate of drug-likeness (QED) is 0.379. The Morgan fingerprint density at radius 2 is 2.00 bits per heavy atom. The number of nitrogens with one attached hydrogen (secondary N) is 1. The van der Waals surface area contributed by atoms with Gasteiger partial charge in [-0.3, -0.25) is 4.79 Å². The monoisotopic (exact) mass is 402 g/mol. The first-order valence-electron chi connectivity index (χ1n) is 7.75. The van der Waals surface area contributed by atoms with Gasteiger partial charge >= 0.3 is 0 Å². The Balaban J connectivity index is 1.57. The number of aromatic amines is 1. The Labute approximate surface area is 163 Å². The number of nitrogens with zero attached hydrogens (tertiary/aromatic N) is 3. The lowest BCUT2D eigenvalue weighted by Crippen LogP contribution is -2.04. The number of ketones is 1. The molecule has 26 heavy (non-hydrogen) atoms. The molecular formula is C18H12Cl2N4OS. The van der Waals surface area contributed by atoms with Crippen molar-refractivity contribution in [3.8, 4) is 0 Å². The van der Waals surface area contributed by atoms with Crippen LogP contribution >= 0.6 is 35.0 Å². The highest BCUT2D eigenvalue weighted by Crippen LogP contribution is 2.26. The highest BCUT2D eigenvalue weighted by atomic mass is 35.5. The third-order valence-corrected chi connectivity index (χ3v) is 5.30. The summed E-state index contributed by atoms with van der Waals surface area (Å²) in [6, 6.07) is 10.9. The van der Waals surface area contributed by atoms with Crippen molar-refractivity contribution in [1.29, 1.82) is 0 Å². The number of Topliss-reactive ketones (excluding diaryl/α,β-unsaturated/α-hetero) is 1. The van der Waals surface area contributed by atoms with E-state index in [0.29, 0.717) is 26.4 Å². The molecule has 2 aromatic carbocycles. The van der Waals surface area contributed by atoms with Crippen molar-refractivity contribution in [2.75, 3.05) is 5.75 Å². The molecule has 0 radical (unpaired) electrons. The van der Waals surface area contributed by atoms with Crippen molar-refractivity contribution in [1.82, 2.24) is 20.2 Å². The fraction of sp³-hybridized carbons (Fsp3) is 0.111. The van der Waals surface area contributed by atoms with Gasteiger partial charge < -0.3 is 4.98 Å². The summed E-state index contributed by atoms with van der Waals surface area (Å²) in [6.07, 6.45) is 0. The Bertz CT molecular complexity index is 1160. The zero-order valence-electron chi connectivity index (χ0n) is 13.6. The van der Waals surface area contributed by atoms with Gasteiger partial charge in [0.2, 0.25) is 5.16 Å². The molecule has 2 heterocycles. The second kappa shape index (κ2) is 6.87. The van der Waals surface area contributed by atoms with Gasteiger partial charge in [0.05, 0.1) is 10.8 Å². The predicted octanol–water partition coefficient (Wildman–Crippen LogP) is 5.10. The van der Waals surface area contributed by atoms with Crippen LogP contribution in [0, 0.1) is 6.92 Å². The third kappa shape index (κ3) is 3.28. The molecule has 0 aliphatic heterocycles. The van der Waals surface area contributed by atoms with Gasteiger partial charge in [0.1, 0.15) is 5.52 Å². The van der Waals surface area contributed by atoms with Crippen molar-refractivity contribution >= 4 is 62.8 Å². The Morgan fingerprint density at radius 3 is 2.81 bits per heavy atom. The standard InChI is InChI=1S/C18H12Cl2N4OS/c1-9-2-5-14-12(6-9)16-17(21-14)22-18(24-23-16)26-8-15(25)11-4-3-10(19)7-13(11)20/h2-7H,8H2,1H3,(H,21,22,24). The maximum Gasteiger partial charge on any atom is 0.211 e. The van der Waals surface area contributed by atoms with Crippen molar-refractivity contribution < 1.29 is 4.79 Å².